The first-order valence-corrected chi connectivity index (χ1v) is 11.6. The summed E-state index contributed by atoms with van der Waals surface area (Å²) in [5, 5.41) is 5.29. The molecule has 166 valence electrons. The Balaban J connectivity index is 0.000000344. The second kappa shape index (κ2) is 10.6. The average Bonchev–Trinajstić information content (AvgIpc) is 2.89. The zero-order chi connectivity index (χ0) is 23.9. The maximum atomic E-state index is 3.66. The Morgan fingerprint density at radius 1 is 0.618 bits per heavy atom. The van der Waals surface area contributed by atoms with Crippen molar-refractivity contribution in [1.29, 1.82) is 0 Å². The zero-order valence-electron chi connectivity index (χ0n) is 20.0. The van der Waals surface area contributed by atoms with Crippen molar-refractivity contribution in [1.82, 2.24) is 0 Å². The maximum absolute atomic E-state index is 3.66. The van der Waals surface area contributed by atoms with Gasteiger partial charge in [0.1, 0.15) is 0 Å². The van der Waals surface area contributed by atoms with Crippen LogP contribution in [0.3, 0.4) is 0 Å². The van der Waals surface area contributed by atoms with Gasteiger partial charge < -0.3 is 0 Å². The predicted molar refractivity (Wildman–Crippen MR) is 151 cm³/mol. The molecule has 0 heteroatoms. The molecule has 0 aromatic heterocycles. The first kappa shape index (κ1) is 23.0. The Morgan fingerprint density at radius 3 is 1.59 bits per heavy atom. The van der Waals surface area contributed by atoms with Crippen molar-refractivity contribution in [3.8, 4) is 22.3 Å². The van der Waals surface area contributed by atoms with Gasteiger partial charge in [0.05, 0.1) is 0 Å². The van der Waals surface area contributed by atoms with Gasteiger partial charge in [-0.25, -0.2) is 0 Å². The van der Waals surface area contributed by atoms with Gasteiger partial charge in [0, 0.05) is 0 Å². The first-order valence-electron chi connectivity index (χ1n) is 11.6. The molecule has 0 saturated carbocycles. The molecular formula is C34H30. The predicted octanol–water partition coefficient (Wildman–Crippen LogP) is 9.94. The summed E-state index contributed by atoms with van der Waals surface area (Å²) >= 11 is 0. The summed E-state index contributed by atoms with van der Waals surface area (Å²) in [5.74, 6) is 0. The molecule has 0 N–H and O–H groups in total. The fourth-order valence-electron chi connectivity index (χ4n) is 4.44. The third-order valence-electron chi connectivity index (χ3n) is 6.00. The molecule has 5 aromatic carbocycles. The minimum atomic E-state index is 1.06. The van der Waals surface area contributed by atoms with E-state index in [0.29, 0.717) is 0 Å². The van der Waals surface area contributed by atoms with Crippen molar-refractivity contribution >= 4 is 21.5 Å². The number of hydrogen-bond acceptors (Lipinski definition) is 0. The van der Waals surface area contributed by atoms with Crippen LogP contribution in [0.2, 0.25) is 0 Å². The lowest BCUT2D eigenvalue weighted by Gasteiger charge is -2.18. The summed E-state index contributed by atoms with van der Waals surface area (Å²) in [6, 6.07) is 37.0. The fourth-order valence-corrected chi connectivity index (χ4v) is 4.44. The summed E-state index contributed by atoms with van der Waals surface area (Å²) in [7, 11) is 0. The smallest absolute Gasteiger partial charge is 0.00204 e. The molecule has 0 radical (unpaired) electrons. The van der Waals surface area contributed by atoms with Crippen molar-refractivity contribution in [2.45, 2.75) is 13.8 Å². The van der Waals surface area contributed by atoms with E-state index < -0.39 is 0 Å². The standard InChI is InChI=1S/C27H20.C7H10/c1-19-21-13-5-8-16-24(21)27(25-17-9-6-14-22(19)25)26-18-10-7-15-23(26)20-11-3-2-4-12-20;1-4-5-6-7(2)3/h2-18H,1H3;4-6H,1-2H2,3H3/b;6-5-. The molecule has 5 rings (SSSR count). The zero-order valence-corrected chi connectivity index (χ0v) is 20.0. The Bertz CT molecular complexity index is 1430. The number of hydrogen-bond donors (Lipinski definition) is 0. The van der Waals surface area contributed by atoms with Crippen LogP contribution in [-0.2, 0) is 0 Å². The van der Waals surface area contributed by atoms with Crippen molar-refractivity contribution in [2.75, 3.05) is 0 Å². The van der Waals surface area contributed by atoms with E-state index in [9.17, 15) is 0 Å². The highest BCUT2D eigenvalue weighted by Gasteiger charge is 2.15. The summed E-state index contributed by atoms with van der Waals surface area (Å²) in [4.78, 5) is 0. The van der Waals surface area contributed by atoms with Gasteiger partial charge in [0.25, 0.3) is 0 Å². The molecule has 0 bridgehead atoms. The molecule has 0 aliphatic carbocycles. The Kier molecular flexibility index (Phi) is 7.20. The van der Waals surface area contributed by atoms with E-state index in [2.05, 4.69) is 123 Å². The molecular weight excluding hydrogens is 408 g/mol. The minimum absolute atomic E-state index is 1.06. The normalized spacial score (nSPS) is 10.8. The van der Waals surface area contributed by atoms with Crippen LogP contribution in [0.1, 0.15) is 12.5 Å². The minimum Gasteiger partial charge on any atom is -0.0991 e. The molecule has 0 aliphatic rings. The van der Waals surface area contributed by atoms with Gasteiger partial charge in [-0.3, -0.25) is 0 Å². The summed E-state index contributed by atoms with van der Waals surface area (Å²) < 4.78 is 0. The highest BCUT2D eigenvalue weighted by Crippen LogP contribution is 2.42. The van der Waals surface area contributed by atoms with Crippen LogP contribution in [0.4, 0.5) is 0 Å². The summed E-state index contributed by atoms with van der Waals surface area (Å²) in [6.07, 6.45) is 5.50. The molecule has 5 aromatic rings. The number of aryl methyl sites for hydroxylation is 1. The van der Waals surface area contributed by atoms with E-state index in [1.807, 2.05) is 19.1 Å². The first-order chi connectivity index (χ1) is 16.6. The lowest BCUT2D eigenvalue weighted by Crippen LogP contribution is -1.91. The second-order valence-corrected chi connectivity index (χ2v) is 8.44. The highest BCUT2D eigenvalue weighted by atomic mass is 14.2. The van der Waals surface area contributed by atoms with Crippen LogP contribution in [0.5, 0.6) is 0 Å². The molecule has 0 saturated heterocycles. The quantitative estimate of drug-likeness (QED) is 0.193. The van der Waals surface area contributed by atoms with Crippen molar-refractivity contribution in [2.24, 2.45) is 0 Å². The molecule has 0 amide bonds. The Morgan fingerprint density at radius 2 is 1.09 bits per heavy atom. The van der Waals surface area contributed by atoms with Gasteiger partial charge in [0.2, 0.25) is 0 Å². The van der Waals surface area contributed by atoms with Crippen LogP contribution in [-0.4, -0.2) is 0 Å². The SMILES string of the molecule is C=C/C=C\C(=C)C.Cc1c2ccccc2c(-c2ccccc2-c2ccccc2)c2ccccc12. The lowest BCUT2D eigenvalue weighted by molar-refractivity contribution is 1.56. The van der Waals surface area contributed by atoms with Crippen LogP contribution in [0, 0.1) is 6.92 Å². The molecule has 0 atom stereocenters. The van der Waals surface area contributed by atoms with Crippen LogP contribution < -0.4 is 0 Å². The summed E-state index contributed by atoms with van der Waals surface area (Å²) in [6.45, 7) is 11.3. The third kappa shape index (κ3) is 4.77. The second-order valence-electron chi connectivity index (χ2n) is 8.44. The van der Waals surface area contributed by atoms with Gasteiger partial charge in [-0.05, 0) is 63.2 Å². The van der Waals surface area contributed by atoms with E-state index >= 15 is 0 Å². The van der Waals surface area contributed by atoms with Gasteiger partial charge >= 0.3 is 0 Å². The van der Waals surface area contributed by atoms with Crippen molar-refractivity contribution in [3.05, 3.63) is 146 Å². The largest absolute Gasteiger partial charge is 0.0991 e. The molecule has 0 spiro atoms. The molecule has 0 nitrogen and oxygen atoms in total. The van der Waals surface area contributed by atoms with Crippen molar-refractivity contribution < 1.29 is 0 Å². The van der Waals surface area contributed by atoms with Crippen LogP contribution >= 0.6 is 0 Å². The van der Waals surface area contributed by atoms with E-state index in [1.165, 1.54) is 49.4 Å². The fraction of sp³-hybridized carbons (Fsp3) is 0.0588. The lowest BCUT2D eigenvalue weighted by atomic mass is 9.86. The van der Waals surface area contributed by atoms with Crippen LogP contribution in [0.15, 0.2) is 140 Å². The van der Waals surface area contributed by atoms with E-state index in [-0.39, 0.29) is 0 Å². The molecule has 0 aliphatic heterocycles. The van der Waals surface area contributed by atoms with Gasteiger partial charge in [-0.2, -0.15) is 0 Å². The van der Waals surface area contributed by atoms with Crippen molar-refractivity contribution in [3.63, 3.8) is 0 Å². The third-order valence-corrected chi connectivity index (χ3v) is 6.00. The number of benzene rings is 5. The number of fused-ring (bicyclic) bond motifs is 2. The van der Waals surface area contributed by atoms with E-state index in [1.54, 1.807) is 6.08 Å². The topological polar surface area (TPSA) is 0 Å². The van der Waals surface area contributed by atoms with Gasteiger partial charge in [0.15, 0.2) is 0 Å². The average molecular weight is 439 g/mol. The monoisotopic (exact) mass is 438 g/mol. The van der Waals surface area contributed by atoms with E-state index in [0.717, 1.165) is 5.57 Å². The van der Waals surface area contributed by atoms with Gasteiger partial charge in [-0.15, -0.1) is 0 Å². The van der Waals surface area contributed by atoms with Gasteiger partial charge in [-0.1, -0.05) is 140 Å². The molecule has 0 unspecified atom stereocenters. The Hall–Kier alpha value is -4.16. The maximum Gasteiger partial charge on any atom is -0.00204 e. The highest BCUT2D eigenvalue weighted by molar-refractivity contribution is 6.16. The van der Waals surface area contributed by atoms with Crippen LogP contribution in [0.25, 0.3) is 43.8 Å². The van der Waals surface area contributed by atoms with E-state index in [4.69, 9.17) is 0 Å². The number of rotatable bonds is 4. The number of allylic oxidation sites excluding steroid dienone is 4. The Labute approximate surface area is 203 Å². The molecule has 0 heterocycles. The molecule has 34 heavy (non-hydrogen) atoms. The molecule has 0 fully saturated rings. The summed E-state index contributed by atoms with van der Waals surface area (Å²) in [5.41, 5.74) is 7.54.